The highest BCUT2D eigenvalue weighted by Gasteiger charge is 2.72. The van der Waals surface area contributed by atoms with Crippen LogP contribution in [0.3, 0.4) is 0 Å². The summed E-state index contributed by atoms with van der Waals surface area (Å²) >= 11 is 0. The van der Waals surface area contributed by atoms with E-state index in [0.717, 1.165) is 18.4 Å². The summed E-state index contributed by atoms with van der Waals surface area (Å²) in [7, 11) is 0. The first-order valence-corrected chi connectivity index (χ1v) is 29.1. The number of carbonyl (C=O) groups is 1. The summed E-state index contributed by atoms with van der Waals surface area (Å²) < 4.78 is 58.3. The van der Waals surface area contributed by atoms with Gasteiger partial charge in [0.25, 0.3) is 0 Å². The van der Waals surface area contributed by atoms with Gasteiger partial charge in [0.05, 0.1) is 49.8 Å². The van der Waals surface area contributed by atoms with Crippen LogP contribution in [0, 0.1) is 44.8 Å². The Balaban J connectivity index is 0.815. The molecule has 0 radical (unpaired) electrons. The summed E-state index contributed by atoms with van der Waals surface area (Å²) in [6, 6.07) is 0. The first-order chi connectivity index (χ1) is 37.8. The minimum atomic E-state index is -1.98. The van der Waals surface area contributed by atoms with Crippen LogP contribution >= 0.6 is 0 Å². The summed E-state index contributed by atoms with van der Waals surface area (Å²) in [5.74, 6) is -1.28. The maximum absolute atomic E-state index is 15.4. The van der Waals surface area contributed by atoms with Crippen molar-refractivity contribution in [2.45, 2.75) is 266 Å². The second kappa shape index (κ2) is 22.5. The van der Waals surface area contributed by atoms with Gasteiger partial charge in [0.1, 0.15) is 90.9 Å². The van der Waals surface area contributed by atoms with Crippen molar-refractivity contribution < 1.29 is 124 Å². The van der Waals surface area contributed by atoms with Crippen molar-refractivity contribution in [1.82, 2.24) is 0 Å². The third-order valence-electron chi connectivity index (χ3n) is 21.9. The zero-order chi connectivity index (χ0) is 59.0. The maximum atomic E-state index is 15.4. The number of fused-ring (bicyclic) bond motifs is 7. The Labute approximate surface area is 470 Å². The van der Waals surface area contributed by atoms with Gasteiger partial charge < -0.3 is 119 Å². The second-order valence-corrected chi connectivity index (χ2v) is 27.2. The molecule has 5 saturated heterocycles. The molecule has 10 aliphatic rings. The van der Waals surface area contributed by atoms with E-state index in [0.29, 0.717) is 32.1 Å². The van der Waals surface area contributed by atoms with E-state index in [1.807, 2.05) is 0 Å². The zero-order valence-corrected chi connectivity index (χ0v) is 47.4. The van der Waals surface area contributed by atoms with Gasteiger partial charge in [-0.1, -0.05) is 46.3 Å². The fourth-order valence-corrected chi connectivity index (χ4v) is 16.7. The highest BCUT2D eigenvalue weighted by Crippen LogP contribution is 2.75. The summed E-state index contributed by atoms with van der Waals surface area (Å²) in [6.07, 6.45) is -30.7. The molecule has 464 valence electrons. The average Bonchev–Trinajstić information content (AvgIpc) is 1.75. The molecule has 9 fully saturated rings. The van der Waals surface area contributed by atoms with E-state index in [1.54, 1.807) is 6.92 Å². The summed E-state index contributed by atoms with van der Waals surface area (Å²) in [6.45, 7) is 14.3. The molecule has 0 bridgehead atoms. The maximum Gasteiger partial charge on any atom is 0.317 e. The predicted octanol–water partition coefficient (Wildman–Crippen LogP) is -2.54. The smallest absolute Gasteiger partial charge is 0.317 e. The van der Waals surface area contributed by atoms with Crippen molar-refractivity contribution in [2.24, 2.45) is 44.8 Å². The number of hydrogen-bond donors (Lipinski definition) is 14. The fraction of sp³-hybridized carbons (Fsp3) is 0.946. The molecule has 10 rings (SSSR count). The van der Waals surface area contributed by atoms with Crippen LogP contribution < -0.4 is 0 Å². The molecule has 4 saturated carbocycles. The van der Waals surface area contributed by atoms with Crippen molar-refractivity contribution in [3.05, 3.63) is 11.6 Å². The Morgan fingerprint density at radius 1 is 0.531 bits per heavy atom. The lowest BCUT2D eigenvalue weighted by molar-refractivity contribution is -0.380. The summed E-state index contributed by atoms with van der Waals surface area (Å²) in [5, 5.41) is 156. The topological polar surface area (TPSA) is 393 Å². The van der Waals surface area contributed by atoms with E-state index < -0.39 is 189 Å². The van der Waals surface area contributed by atoms with Gasteiger partial charge >= 0.3 is 5.97 Å². The van der Waals surface area contributed by atoms with Crippen molar-refractivity contribution in [3.8, 4) is 0 Å². The number of ether oxygens (including phenoxy) is 10. The molecule has 0 amide bonds. The van der Waals surface area contributed by atoms with Gasteiger partial charge in [-0.3, -0.25) is 4.79 Å². The van der Waals surface area contributed by atoms with Crippen LogP contribution in [-0.2, 0) is 52.2 Å². The Kier molecular flexibility index (Phi) is 17.3. The molecule has 0 aromatic heterocycles. The molecule has 14 N–H and O–H groups in total. The Morgan fingerprint density at radius 3 is 1.81 bits per heavy atom. The van der Waals surface area contributed by atoms with E-state index in [9.17, 15) is 71.5 Å². The number of esters is 1. The van der Waals surface area contributed by atoms with Gasteiger partial charge in [-0.05, 0) is 118 Å². The lowest BCUT2D eigenvalue weighted by Gasteiger charge is -2.71. The first kappa shape index (κ1) is 62.3. The molecular formula is C56H90O25. The number of allylic oxidation sites excluding steroid dienone is 2. The normalized spacial score (nSPS) is 56.5. The number of aliphatic hydroxyl groups is 14. The van der Waals surface area contributed by atoms with Crippen LogP contribution in [0.25, 0.3) is 0 Å². The van der Waals surface area contributed by atoms with Crippen LogP contribution in [0.5, 0.6) is 0 Å². The minimum Gasteiger partial charge on any atom is -0.432 e. The molecule has 0 aromatic rings. The predicted molar refractivity (Wildman–Crippen MR) is 273 cm³/mol. The summed E-state index contributed by atoms with van der Waals surface area (Å²) in [5.41, 5.74) is -3.10. The summed E-state index contributed by atoms with van der Waals surface area (Å²) in [4.78, 5) is 15.4. The highest BCUT2D eigenvalue weighted by atomic mass is 16.8. The van der Waals surface area contributed by atoms with Gasteiger partial charge in [0.15, 0.2) is 31.3 Å². The molecule has 81 heavy (non-hydrogen) atoms. The molecule has 5 heterocycles. The molecule has 25 heteroatoms. The Hall–Kier alpha value is -1.71. The quantitative estimate of drug-likeness (QED) is 0.0791. The van der Waals surface area contributed by atoms with Crippen molar-refractivity contribution in [3.63, 3.8) is 0 Å². The van der Waals surface area contributed by atoms with E-state index in [-0.39, 0.29) is 47.5 Å². The van der Waals surface area contributed by atoms with Crippen LogP contribution in [0.1, 0.15) is 113 Å². The van der Waals surface area contributed by atoms with Gasteiger partial charge in [-0.15, -0.1) is 0 Å². The third kappa shape index (κ3) is 10.3. The third-order valence-corrected chi connectivity index (χ3v) is 21.9. The highest BCUT2D eigenvalue weighted by molar-refractivity contribution is 5.80. The van der Waals surface area contributed by atoms with Crippen LogP contribution in [0.15, 0.2) is 11.6 Å². The monoisotopic (exact) mass is 1160 g/mol. The molecule has 32 atom stereocenters. The van der Waals surface area contributed by atoms with Crippen LogP contribution in [-0.4, -0.2) is 250 Å². The fourth-order valence-electron chi connectivity index (χ4n) is 16.7. The number of hydrogen-bond acceptors (Lipinski definition) is 25. The van der Waals surface area contributed by atoms with Crippen LogP contribution in [0.2, 0.25) is 0 Å². The van der Waals surface area contributed by atoms with E-state index in [1.165, 1.54) is 13.8 Å². The van der Waals surface area contributed by atoms with E-state index in [2.05, 4.69) is 40.7 Å². The molecule has 5 aliphatic heterocycles. The molecule has 32 unspecified atom stereocenters. The molecule has 0 spiro atoms. The van der Waals surface area contributed by atoms with Crippen LogP contribution in [0.4, 0.5) is 0 Å². The largest absolute Gasteiger partial charge is 0.432 e. The zero-order valence-electron chi connectivity index (χ0n) is 47.4. The van der Waals surface area contributed by atoms with Gasteiger partial charge in [-0.25, -0.2) is 0 Å². The van der Waals surface area contributed by atoms with Gasteiger partial charge in [-0.2, -0.15) is 0 Å². The van der Waals surface area contributed by atoms with Gasteiger partial charge in [0, 0.05) is 0 Å². The Morgan fingerprint density at radius 2 is 1.11 bits per heavy atom. The second-order valence-electron chi connectivity index (χ2n) is 27.2. The SMILES string of the molecule is CC1OC(OC(=O)C23CCC(C)(C)CC2C2=CCC4C5(C)CCC(O)C(C)(O)C5CCC4(C)C2(C)CC3O)C(OC2OC(C)C(OC3OCC(O)C(OC4OCC(OC5OCC(O)C(O)C5O)C(O)C4O)C3O)C(O)C2O)C(O)C1O. The van der Waals surface area contributed by atoms with Crippen molar-refractivity contribution in [2.75, 3.05) is 19.8 Å². The standard InChI is InChI=1S/C56H90O25/c1-22-33(61)36(64)44(49(75-22)81-50(70)56-16-15-51(3,4)17-25(56)24-9-10-29-52(5)13-12-31(59)55(8,71)30(52)11-14-53(29,6)54(24,7)18-32(56)60)80-48-40(68)37(65)42(23(2)76-48)78-47-41(69)43(27(58)20-73-47)79-46-39(67)35(63)28(21-74-46)77-45-38(66)34(62)26(57)19-72-45/h9,22-23,25-49,57-69,71H,10-21H2,1-8H3. The molecule has 25 nitrogen and oxygen atoms in total. The number of aliphatic hydroxyl groups excluding tert-OH is 13. The minimum absolute atomic E-state index is 0.111. The average molecular weight is 1160 g/mol. The van der Waals surface area contributed by atoms with E-state index in [4.69, 9.17) is 47.4 Å². The lowest BCUT2D eigenvalue weighted by Crippen LogP contribution is -2.69. The molecule has 5 aliphatic carbocycles. The Bertz CT molecular complexity index is 2270. The number of rotatable bonds is 10. The van der Waals surface area contributed by atoms with E-state index >= 15 is 4.79 Å². The number of carbonyl (C=O) groups excluding carboxylic acids is 1. The van der Waals surface area contributed by atoms with Crippen molar-refractivity contribution in [1.29, 1.82) is 0 Å². The van der Waals surface area contributed by atoms with Crippen molar-refractivity contribution >= 4 is 5.97 Å². The lowest BCUT2D eigenvalue weighted by atomic mass is 9.34. The molecule has 0 aromatic carbocycles. The molecular weight excluding hydrogens is 1070 g/mol. The van der Waals surface area contributed by atoms with Gasteiger partial charge in [0.2, 0.25) is 6.29 Å². The first-order valence-electron chi connectivity index (χ1n) is 29.1.